The lowest BCUT2D eigenvalue weighted by Crippen LogP contribution is -2.51. The van der Waals surface area contributed by atoms with E-state index in [-0.39, 0.29) is 17.5 Å². The van der Waals surface area contributed by atoms with Crippen molar-refractivity contribution in [2.75, 3.05) is 0 Å². The molecule has 1 aliphatic rings. The number of aliphatic hydroxyl groups excluding tert-OH is 2. The maximum Gasteiger partial charge on any atom is 0.134 e. The Balaban J connectivity index is 2.08. The summed E-state index contributed by atoms with van der Waals surface area (Å²) in [5.41, 5.74) is -0.309. The highest BCUT2D eigenvalue weighted by molar-refractivity contribution is 7.99. The lowest BCUT2D eigenvalue weighted by molar-refractivity contribution is -0.167. The predicted molar refractivity (Wildman–Crippen MR) is 72.4 cm³/mol. The second kappa shape index (κ2) is 6.06. The van der Waals surface area contributed by atoms with Crippen molar-refractivity contribution in [3.8, 4) is 0 Å². The number of benzene rings is 1. The summed E-state index contributed by atoms with van der Waals surface area (Å²) in [6.45, 7) is 3.86. The molecule has 1 aliphatic heterocycles. The summed E-state index contributed by atoms with van der Waals surface area (Å²) < 4.78 is 5.80. The molecule has 0 amide bonds. The molecule has 2 unspecified atom stereocenters. The van der Waals surface area contributed by atoms with Gasteiger partial charge in [-0.2, -0.15) is 0 Å². The van der Waals surface area contributed by atoms with Gasteiger partial charge in [-0.3, -0.25) is 0 Å². The molecule has 2 N–H and O–H groups in total. The molecule has 18 heavy (non-hydrogen) atoms. The average molecular weight is 268 g/mol. The summed E-state index contributed by atoms with van der Waals surface area (Å²) in [5, 5.41) is 20.2. The third-order valence-corrected chi connectivity index (χ3v) is 4.61. The van der Waals surface area contributed by atoms with Crippen molar-refractivity contribution in [2.45, 2.75) is 48.9 Å². The van der Waals surface area contributed by atoms with E-state index < -0.39 is 12.2 Å². The monoisotopic (exact) mass is 268 g/mol. The van der Waals surface area contributed by atoms with E-state index in [0.717, 1.165) is 11.3 Å². The molecule has 100 valence electrons. The van der Waals surface area contributed by atoms with E-state index in [0.29, 0.717) is 0 Å². The Labute approximate surface area is 112 Å². The van der Waals surface area contributed by atoms with Gasteiger partial charge in [0.25, 0.3) is 0 Å². The highest BCUT2D eigenvalue weighted by Crippen LogP contribution is 2.36. The van der Waals surface area contributed by atoms with Crippen molar-refractivity contribution in [1.29, 1.82) is 0 Å². The van der Waals surface area contributed by atoms with Crippen LogP contribution < -0.4 is 0 Å². The van der Waals surface area contributed by atoms with E-state index in [4.69, 9.17) is 4.74 Å². The first kappa shape index (κ1) is 13.9. The van der Waals surface area contributed by atoms with Gasteiger partial charge in [-0.05, 0) is 18.6 Å². The first-order chi connectivity index (χ1) is 8.63. The number of aliphatic hydroxyl groups is 2. The molecule has 0 aliphatic carbocycles. The number of hydrogen-bond acceptors (Lipinski definition) is 4. The normalized spacial score (nSPS) is 36.6. The number of ether oxygens (including phenoxy) is 1. The summed E-state index contributed by atoms with van der Waals surface area (Å²) in [6.07, 6.45) is -0.667. The topological polar surface area (TPSA) is 49.7 Å². The first-order valence-electron chi connectivity index (χ1n) is 6.36. The fourth-order valence-electron chi connectivity index (χ4n) is 2.19. The van der Waals surface area contributed by atoms with Gasteiger partial charge in [0, 0.05) is 10.8 Å². The predicted octanol–water partition coefficient (Wildman–Crippen LogP) is 2.27. The number of rotatable bonds is 3. The lowest BCUT2D eigenvalue weighted by atomic mass is 9.90. The zero-order chi connectivity index (χ0) is 13.1. The van der Waals surface area contributed by atoms with E-state index >= 15 is 0 Å². The molecule has 1 aromatic carbocycles. The molecule has 5 atom stereocenters. The molecule has 0 saturated carbocycles. The zero-order valence-corrected chi connectivity index (χ0v) is 11.5. The minimum Gasteiger partial charge on any atom is -0.390 e. The summed E-state index contributed by atoms with van der Waals surface area (Å²) in [5.74, 6) is -0.162. The maximum absolute atomic E-state index is 10.2. The van der Waals surface area contributed by atoms with Gasteiger partial charge in [-0.15, -0.1) is 0 Å². The van der Waals surface area contributed by atoms with E-state index in [2.05, 4.69) is 0 Å². The van der Waals surface area contributed by atoms with E-state index in [9.17, 15) is 10.2 Å². The number of hydrogen-bond donors (Lipinski definition) is 2. The van der Waals surface area contributed by atoms with Crippen molar-refractivity contribution < 1.29 is 14.9 Å². The Hall–Kier alpha value is -0.550. The average Bonchev–Trinajstić information content (AvgIpc) is 2.40. The molecule has 2 rings (SSSR count). The Morgan fingerprint density at radius 2 is 1.83 bits per heavy atom. The second-order valence-electron chi connectivity index (χ2n) is 4.72. The third-order valence-electron chi connectivity index (χ3n) is 3.44. The minimum atomic E-state index is -0.645. The van der Waals surface area contributed by atoms with Crippen molar-refractivity contribution in [1.82, 2.24) is 0 Å². The van der Waals surface area contributed by atoms with Crippen molar-refractivity contribution in [3.63, 3.8) is 0 Å². The second-order valence-corrected chi connectivity index (χ2v) is 5.89. The lowest BCUT2D eigenvalue weighted by Gasteiger charge is -2.41. The molecule has 0 spiro atoms. The van der Waals surface area contributed by atoms with Crippen LogP contribution >= 0.6 is 11.8 Å². The summed E-state index contributed by atoms with van der Waals surface area (Å²) in [6, 6.07) is 9.89. The van der Waals surface area contributed by atoms with Crippen LogP contribution in [0.2, 0.25) is 0 Å². The maximum atomic E-state index is 10.2. The van der Waals surface area contributed by atoms with Crippen LogP contribution in [0, 0.1) is 5.92 Å². The van der Waals surface area contributed by atoms with Crippen LogP contribution in [0.25, 0.3) is 0 Å². The molecule has 0 bridgehead atoms. The van der Waals surface area contributed by atoms with Crippen molar-refractivity contribution in [3.05, 3.63) is 30.3 Å². The van der Waals surface area contributed by atoms with Gasteiger partial charge in [0.05, 0.1) is 18.3 Å². The smallest absolute Gasteiger partial charge is 0.134 e. The molecule has 1 aromatic rings. The zero-order valence-electron chi connectivity index (χ0n) is 10.7. The van der Waals surface area contributed by atoms with Crippen LogP contribution in [0.15, 0.2) is 35.2 Å². The van der Waals surface area contributed by atoms with Gasteiger partial charge in [0.1, 0.15) is 5.44 Å². The largest absolute Gasteiger partial charge is 0.390 e. The first-order valence-corrected chi connectivity index (χ1v) is 7.24. The van der Waals surface area contributed by atoms with E-state index in [1.54, 1.807) is 0 Å². The molecular formula is C14H20O3S. The molecule has 4 heteroatoms. The Kier molecular flexibility index (Phi) is 4.67. The van der Waals surface area contributed by atoms with Crippen LogP contribution in [-0.2, 0) is 4.74 Å². The molecule has 0 aromatic heterocycles. The van der Waals surface area contributed by atoms with Gasteiger partial charge in [0.2, 0.25) is 0 Å². The number of thioether (sulfide) groups is 1. The van der Waals surface area contributed by atoms with Crippen LogP contribution in [0.5, 0.6) is 0 Å². The molecule has 1 fully saturated rings. The fraction of sp³-hybridized carbons (Fsp3) is 0.571. The molecule has 0 radical (unpaired) electrons. The highest BCUT2D eigenvalue weighted by atomic mass is 32.2. The van der Waals surface area contributed by atoms with Crippen molar-refractivity contribution >= 4 is 11.8 Å². The summed E-state index contributed by atoms with van der Waals surface area (Å²) >= 11 is 1.51. The Morgan fingerprint density at radius 1 is 1.17 bits per heavy atom. The molecule has 3 nitrogen and oxygen atoms in total. The van der Waals surface area contributed by atoms with E-state index in [1.165, 1.54) is 11.8 Å². The van der Waals surface area contributed by atoms with Crippen LogP contribution in [0.3, 0.4) is 0 Å². The van der Waals surface area contributed by atoms with Crippen LogP contribution in [0.4, 0.5) is 0 Å². The quantitative estimate of drug-likeness (QED) is 0.883. The molecule has 1 heterocycles. The van der Waals surface area contributed by atoms with Gasteiger partial charge in [-0.1, -0.05) is 43.8 Å². The fourth-order valence-corrected chi connectivity index (χ4v) is 3.36. The SMILES string of the molecule is CCC1O[C@@H](Sc2ccccc2)C(O)[C@@H](C)[C@H]1O. The molecule has 1 saturated heterocycles. The van der Waals surface area contributed by atoms with Gasteiger partial charge in [0.15, 0.2) is 0 Å². The summed E-state index contributed by atoms with van der Waals surface area (Å²) in [4.78, 5) is 1.07. The van der Waals surface area contributed by atoms with Gasteiger partial charge < -0.3 is 14.9 Å². The third kappa shape index (κ3) is 2.88. The van der Waals surface area contributed by atoms with Gasteiger partial charge in [-0.25, -0.2) is 0 Å². The van der Waals surface area contributed by atoms with E-state index in [1.807, 2.05) is 44.2 Å². The van der Waals surface area contributed by atoms with Crippen LogP contribution in [0.1, 0.15) is 20.3 Å². The van der Waals surface area contributed by atoms with Gasteiger partial charge >= 0.3 is 0 Å². The standard InChI is InChI=1S/C14H20O3S/c1-3-11-12(15)9(2)13(16)14(17-11)18-10-7-5-4-6-8-10/h4-9,11-16H,3H2,1-2H3/t9-,11?,12+,13?,14-/m0/s1. The Morgan fingerprint density at radius 3 is 2.44 bits per heavy atom. The van der Waals surface area contributed by atoms with Crippen LogP contribution in [-0.4, -0.2) is 34.0 Å². The minimum absolute atomic E-state index is 0.162. The highest BCUT2D eigenvalue weighted by Gasteiger charge is 2.41. The van der Waals surface area contributed by atoms with Crippen molar-refractivity contribution in [2.24, 2.45) is 5.92 Å². The molecular weight excluding hydrogens is 248 g/mol. The summed E-state index contributed by atoms with van der Waals surface area (Å²) in [7, 11) is 0. The Bertz CT molecular complexity index is 369.